The fraction of sp³-hybridized carbons (Fsp3) is 0.379. The highest BCUT2D eigenvalue weighted by atomic mass is 35.5. The van der Waals surface area contributed by atoms with Crippen LogP contribution in [0.4, 0.5) is 11.5 Å². The topological polar surface area (TPSA) is 60.7 Å². The van der Waals surface area contributed by atoms with Crippen LogP contribution in [0.5, 0.6) is 0 Å². The van der Waals surface area contributed by atoms with E-state index in [-0.39, 0.29) is 0 Å². The summed E-state index contributed by atoms with van der Waals surface area (Å²) in [5.41, 5.74) is 6.18. The van der Waals surface area contributed by atoms with Crippen LogP contribution in [-0.2, 0) is 6.54 Å². The largest absolute Gasteiger partial charge is 0.380 e. The number of benzene rings is 2. The Balaban J connectivity index is 1.46. The molecule has 37 heavy (non-hydrogen) atoms. The number of aryl methyl sites for hydroxylation is 2. The smallest absolute Gasteiger partial charge is 0.141 e. The van der Waals surface area contributed by atoms with E-state index in [1.54, 1.807) is 0 Å². The summed E-state index contributed by atoms with van der Waals surface area (Å²) in [6, 6.07) is 16.6. The lowest BCUT2D eigenvalue weighted by molar-refractivity contribution is 0.229. The summed E-state index contributed by atoms with van der Waals surface area (Å²) in [7, 11) is 4.26. The van der Waals surface area contributed by atoms with Gasteiger partial charge >= 0.3 is 0 Å². The van der Waals surface area contributed by atoms with E-state index < -0.39 is 0 Å². The van der Waals surface area contributed by atoms with Gasteiger partial charge in [0.1, 0.15) is 11.6 Å². The van der Waals surface area contributed by atoms with Crippen molar-refractivity contribution in [1.82, 2.24) is 19.9 Å². The lowest BCUT2D eigenvalue weighted by Gasteiger charge is -2.36. The molecule has 1 fully saturated rings. The molecule has 0 spiro atoms. The average Bonchev–Trinajstić information content (AvgIpc) is 3.23. The van der Waals surface area contributed by atoms with Crippen LogP contribution in [0.25, 0.3) is 22.0 Å². The van der Waals surface area contributed by atoms with Crippen molar-refractivity contribution in [1.29, 1.82) is 0 Å². The van der Waals surface area contributed by atoms with Gasteiger partial charge in [-0.1, -0.05) is 35.0 Å². The molecule has 0 unspecified atom stereocenters. The zero-order valence-corrected chi connectivity index (χ0v) is 22.8. The van der Waals surface area contributed by atoms with Gasteiger partial charge in [0, 0.05) is 73.5 Å². The molecule has 0 radical (unpaired) electrons. The first-order valence-corrected chi connectivity index (χ1v) is 13.2. The molecule has 0 aliphatic carbocycles. The number of likely N-dealkylation sites (N-methyl/N-ethyl adjacent to an activating group) is 1. The fourth-order valence-electron chi connectivity index (χ4n) is 4.96. The molecule has 2 aromatic heterocycles. The number of aromatic nitrogens is 2. The minimum atomic E-state index is 0.674. The number of fused-ring (bicyclic) bond motifs is 1. The van der Waals surface area contributed by atoms with E-state index in [0.29, 0.717) is 6.54 Å². The third kappa shape index (κ3) is 5.90. The first-order chi connectivity index (χ1) is 17.9. The van der Waals surface area contributed by atoms with Crippen molar-refractivity contribution < 1.29 is 4.52 Å². The molecule has 1 aliphatic rings. The van der Waals surface area contributed by atoms with Gasteiger partial charge in [-0.05, 0) is 63.3 Å². The van der Waals surface area contributed by atoms with Crippen molar-refractivity contribution in [3.63, 3.8) is 0 Å². The number of nitrogens with zero attached hydrogens (tertiary/aromatic N) is 5. The molecule has 1 N–H and O–H groups in total. The highest BCUT2D eigenvalue weighted by Gasteiger charge is 2.20. The molecule has 3 heterocycles. The Morgan fingerprint density at radius 3 is 2.54 bits per heavy atom. The van der Waals surface area contributed by atoms with Gasteiger partial charge in [0.15, 0.2) is 0 Å². The molecule has 0 atom stereocenters. The molecular weight excluding hydrogens is 484 g/mol. The molecule has 1 aliphatic heterocycles. The van der Waals surface area contributed by atoms with Crippen molar-refractivity contribution in [2.75, 3.05) is 63.6 Å². The maximum atomic E-state index is 6.24. The molecule has 0 amide bonds. The third-order valence-corrected chi connectivity index (χ3v) is 7.28. The predicted molar refractivity (Wildman–Crippen MR) is 153 cm³/mol. The van der Waals surface area contributed by atoms with Crippen LogP contribution >= 0.6 is 11.6 Å². The summed E-state index contributed by atoms with van der Waals surface area (Å²) in [6.07, 6.45) is 0. The summed E-state index contributed by atoms with van der Waals surface area (Å²) in [4.78, 5) is 12.3. The van der Waals surface area contributed by atoms with Gasteiger partial charge in [0.05, 0.1) is 11.2 Å². The lowest BCUT2D eigenvalue weighted by atomic mass is 10.0. The number of nitrogens with one attached hydrogen (secondary N) is 1. The van der Waals surface area contributed by atoms with Crippen LogP contribution < -0.4 is 10.2 Å². The Hall–Kier alpha value is -3.13. The number of halogens is 1. The molecule has 8 heteroatoms. The van der Waals surface area contributed by atoms with Crippen molar-refractivity contribution in [2.24, 2.45) is 0 Å². The minimum absolute atomic E-state index is 0.674. The zero-order valence-electron chi connectivity index (χ0n) is 22.1. The van der Waals surface area contributed by atoms with Crippen molar-refractivity contribution in [3.05, 3.63) is 70.6 Å². The Bertz CT molecular complexity index is 1360. The van der Waals surface area contributed by atoms with Gasteiger partial charge in [-0.2, -0.15) is 0 Å². The van der Waals surface area contributed by atoms with E-state index >= 15 is 0 Å². The van der Waals surface area contributed by atoms with Crippen LogP contribution in [0.2, 0.25) is 5.02 Å². The first kappa shape index (κ1) is 25.5. The van der Waals surface area contributed by atoms with E-state index in [4.69, 9.17) is 21.1 Å². The summed E-state index contributed by atoms with van der Waals surface area (Å²) < 4.78 is 5.44. The van der Waals surface area contributed by atoms with E-state index in [1.807, 2.05) is 32.0 Å². The molecular formula is C29H35ClN6O. The van der Waals surface area contributed by atoms with Crippen molar-refractivity contribution >= 4 is 34.0 Å². The Morgan fingerprint density at radius 1 is 1.03 bits per heavy atom. The van der Waals surface area contributed by atoms with Crippen LogP contribution in [0.15, 0.2) is 53.1 Å². The number of pyridine rings is 1. The maximum Gasteiger partial charge on any atom is 0.141 e. The van der Waals surface area contributed by atoms with Gasteiger partial charge in [-0.15, -0.1) is 0 Å². The monoisotopic (exact) mass is 518 g/mol. The van der Waals surface area contributed by atoms with Gasteiger partial charge in [-0.25, -0.2) is 4.98 Å². The van der Waals surface area contributed by atoms with Crippen molar-refractivity contribution in [3.8, 4) is 11.1 Å². The summed E-state index contributed by atoms with van der Waals surface area (Å²) >= 11 is 6.24. The SMILES string of the molecule is Cc1noc(C)c1-c1ccc2nc(N3CCN(CCN(C)C)CC3)cc(NCc3cccc(Cl)c3)c2c1. The van der Waals surface area contributed by atoms with Crippen molar-refractivity contribution in [2.45, 2.75) is 20.4 Å². The number of piperazine rings is 1. The van der Waals surface area contributed by atoms with Crippen LogP contribution in [0, 0.1) is 13.8 Å². The van der Waals surface area contributed by atoms with Crippen LogP contribution in [-0.4, -0.2) is 73.3 Å². The molecule has 2 aromatic carbocycles. The highest BCUT2D eigenvalue weighted by Crippen LogP contribution is 2.34. The quantitative estimate of drug-likeness (QED) is 0.332. The number of anilines is 2. The summed E-state index contributed by atoms with van der Waals surface area (Å²) in [5.74, 6) is 1.83. The molecule has 194 valence electrons. The number of hydrogen-bond acceptors (Lipinski definition) is 7. The van der Waals surface area contributed by atoms with Gasteiger partial charge in [0.2, 0.25) is 0 Å². The van der Waals surface area contributed by atoms with Gasteiger partial charge in [-0.3, -0.25) is 4.90 Å². The minimum Gasteiger partial charge on any atom is -0.380 e. The summed E-state index contributed by atoms with van der Waals surface area (Å²) in [5, 5.41) is 9.64. The molecule has 4 aromatic rings. The zero-order chi connectivity index (χ0) is 25.9. The molecule has 0 bridgehead atoms. The molecule has 0 saturated carbocycles. The standard InChI is InChI=1S/C29H35ClN6O/c1-20-29(21(2)37-33-20)23-8-9-26-25(17-23)27(31-19-22-6-5-7-24(30)16-22)18-28(32-26)36-14-12-35(13-15-36)11-10-34(3)4/h5-9,16-18H,10-15,19H2,1-4H3,(H,31,32). The van der Waals surface area contributed by atoms with Crippen LogP contribution in [0.3, 0.4) is 0 Å². The Morgan fingerprint density at radius 2 is 1.84 bits per heavy atom. The van der Waals surface area contributed by atoms with E-state index in [2.05, 4.69) is 69.6 Å². The predicted octanol–water partition coefficient (Wildman–Crippen LogP) is 5.46. The molecule has 7 nitrogen and oxygen atoms in total. The highest BCUT2D eigenvalue weighted by molar-refractivity contribution is 6.30. The lowest BCUT2D eigenvalue weighted by Crippen LogP contribution is -2.48. The van der Waals surface area contributed by atoms with Gasteiger partial charge < -0.3 is 19.6 Å². The normalized spacial score (nSPS) is 14.6. The van der Waals surface area contributed by atoms with E-state index in [1.165, 1.54) is 0 Å². The van der Waals surface area contributed by atoms with Crippen LogP contribution in [0.1, 0.15) is 17.0 Å². The number of rotatable bonds is 8. The summed E-state index contributed by atoms with van der Waals surface area (Å²) in [6.45, 7) is 10.8. The first-order valence-electron chi connectivity index (χ1n) is 12.9. The maximum absolute atomic E-state index is 6.24. The second-order valence-electron chi connectivity index (χ2n) is 10.1. The second kappa shape index (κ2) is 11.1. The Labute approximate surface area is 224 Å². The molecule has 5 rings (SSSR count). The molecule has 1 saturated heterocycles. The Kier molecular flexibility index (Phi) is 7.65. The number of hydrogen-bond donors (Lipinski definition) is 1. The van der Waals surface area contributed by atoms with E-state index in [0.717, 1.165) is 94.8 Å². The van der Waals surface area contributed by atoms with E-state index in [9.17, 15) is 0 Å². The fourth-order valence-corrected chi connectivity index (χ4v) is 5.17. The third-order valence-electron chi connectivity index (χ3n) is 7.05. The second-order valence-corrected chi connectivity index (χ2v) is 10.5. The van der Waals surface area contributed by atoms with Gasteiger partial charge in [0.25, 0.3) is 0 Å². The average molecular weight is 519 g/mol.